The van der Waals surface area contributed by atoms with Crippen molar-refractivity contribution in [2.75, 3.05) is 38.2 Å². The molecule has 1 saturated carbocycles. The van der Waals surface area contributed by atoms with Crippen LogP contribution in [0.3, 0.4) is 0 Å². The molecule has 8 unspecified atom stereocenters. The fraction of sp³-hybridized carbons (Fsp3) is 0.568. The molecular formula is C37H48ClN3O5S. The van der Waals surface area contributed by atoms with Gasteiger partial charge in [0.25, 0.3) is 5.91 Å². The summed E-state index contributed by atoms with van der Waals surface area (Å²) in [5, 5.41) is 13.0. The van der Waals surface area contributed by atoms with Gasteiger partial charge in [0, 0.05) is 43.2 Å². The van der Waals surface area contributed by atoms with Crippen LogP contribution in [0.15, 0.2) is 48.6 Å². The van der Waals surface area contributed by atoms with E-state index in [-0.39, 0.29) is 40.7 Å². The fourth-order valence-corrected chi connectivity index (χ4v) is 9.22. The predicted octanol–water partition coefficient (Wildman–Crippen LogP) is 5.89. The number of fused-ring (bicyclic) bond motifs is 2. The molecule has 2 aromatic carbocycles. The first-order valence-electron chi connectivity index (χ1n) is 17.2. The number of aliphatic hydroxyl groups is 1. The molecule has 0 aromatic heterocycles. The number of anilines is 1. The van der Waals surface area contributed by atoms with Crippen molar-refractivity contribution in [3.63, 3.8) is 0 Å². The Bertz CT molecular complexity index is 1570. The zero-order valence-electron chi connectivity index (χ0n) is 27.9. The van der Waals surface area contributed by atoms with Gasteiger partial charge in [0.05, 0.1) is 29.1 Å². The number of nitrogens with zero attached hydrogens (tertiary/aromatic N) is 2. The van der Waals surface area contributed by atoms with Gasteiger partial charge in [0.2, 0.25) is 5.91 Å². The monoisotopic (exact) mass is 681 g/mol. The largest absolute Gasteiger partial charge is 0.491 e. The second kappa shape index (κ2) is 13.9. The highest BCUT2D eigenvalue weighted by molar-refractivity contribution is 7.84. The van der Waals surface area contributed by atoms with E-state index in [2.05, 4.69) is 28.7 Å². The zero-order chi connectivity index (χ0) is 33.5. The highest BCUT2D eigenvalue weighted by atomic mass is 35.5. The Morgan fingerprint density at radius 3 is 2.62 bits per heavy atom. The summed E-state index contributed by atoms with van der Waals surface area (Å²) >= 11 is 6.44. The summed E-state index contributed by atoms with van der Waals surface area (Å²) in [6.45, 7) is 8.43. The minimum absolute atomic E-state index is 0.00754. The van der Waals surface area contributed by atoms with Crippen molar-refractivity contribution in [3.05, 3.63) is 70.3 Å². The van der Waals surface area contributed by atoms with Crippen LogP contribution in [0.4, 0.5) is 5.69 Å². The van der Waals surface area contributed by atoms with E-state index in [4.69, 9.17) is 16.3 Å². The lowest BCUT2D eigenvalue weighted by Crippen LogP contribution is -2.55. The van der Waals surface area contributed by atoms with Crippen LogP contribution in [0.25, 0.3) is 0 Å². The molecule has 3 aliphatic heterocycles. The first-order valence-corrected chi connectivity index (χ1v) is 18.8. The van der Waals surface area contributed by atoms with Crippen LogP contribution in [-0.4, -0.2) is 70.2 Å². The van der Waals surface area contributed by atoms with E-state index in [1.165, 1.54) is 11.1 Å². The standard InChI is InChI=1S/C37H48ClN3O5S/c1-5-7-25-18-29(38)11-12-30(25)28-21-41-20-27-9-13-31(27)37(44,32-15-17-40(4)36(32)43)16-6-8-23(2)24(3)47(45)39-35(42)26-10-14-34(46-22-28)33(41)19-26/h6,10-12,14,16,18-19,23-24,27-28,31-32,44H,5,7-9,13,15,17,20-22H2,1-4H3,(H,39,42)/b16-6+. The summed E-state index contributed by atoms with van der Waals surface area (Å²) < 4.78 is 22.5. The van der Waals surface area contributed by atoms with Crippen LogP contribution in [0.2, 0.25) is 5.02 Å². The molecule has 8 nitrogen and oxygen atoms in total. The SMILES string of the molecule is CCCc1cc(Cl)ccc1C1COc2ccc3cc2N(C1)CC1CCC1C(O)(C1CCN(C)C1=O)/C=C/CC(C)C(C)S(=O)NC3=O. The first-order chi connectivity index (χ1) is 22.5. The lowest BCUT2D eigenvalue weighted by Gasteiger charge is -2.50. The molecule has 2 amide bonds. The van der Waals surface area contributed by atoms with E-state index in [0.717, 1.165) is 31.4 Å². The molecular weight excluding hydrogens is 634 g/mol. The fourth-order valence-electron chi connectivity index (χ4n) is 8.00. The summed E-state index contributed by atoms with van der Waals surface area (Å²) in [7, 11) is 0.196. The Kier molecular flexibility index (Phi) is 10.1. The molecule has 0 radical (unpaired) electrons. The molecule has 3 heterocycles. The zero-order valence-corrected chi connectivity index (χ0v) is 29.5. The molecule has 10 heteroatoms. The Morgan fingerprint density at radius 2 is 1.91 bits per heavy atom. The predicted molar refractivity (Wildman–Crippen MR) is 187 cm³/mol. The Balaban J connectivity index is 1.42. The van der Waals surface area contributed by atoms with Gasteiger partial charge >= 0.3 is 0 Å². The van der Waals surface area contributed by atoms with E-state index in [9.17, 15) is 18.9 Å². The summed E-state index contributed by atoms with van der Waals surface area (Å²) in [4.78, 5) is 30.9. The van der Waals surface area contributed by atoms with Crippen molar-refractivity contribution in [2.24, 2.45) is 23.7 Å². The van der Waals surface area contributed by atoms with Crippen molar-refractivity contribution in [1.29, 1.82) is 0 Å². The number of hydrogen-bond acceptors (Lipinski definition) is 6. The van der Waals surface area contributed by atoms with E-state index < -0.39 is 22.5 Å². The number of hydrogen-bond donors (Lipinski definition) is 2. The van der Waals surface area contributed by atoms with Crippen molar-refractivity contribution in [2.45, 2.75) is 76.1 Å². The Labute approximate surface area is 286 Å². The minimum atomic E-state index is -1.62. The van der Waals surface area contributed by atoms with Crippen LogP contribution < -0.4 is 14.4 Å². The smallest absolute Gasteiger partial charge is 0.263 e. The first kappa shape index (κ1) is 34.0. The van der Waals surface area contributed by atoms with E-state index in [1.54, 1.807) is 11.0 Å². The summed E-state index contributed by atoms with van der Waals surface area (Å²) in [5.41, 5.74) is 2.37. The number of likely N-dealkylation sites (tertiary alicyclic amines) is 1. The van der Waals surface area contributed by atoms with Gasteiger partial charge in [-0.15, -0.1) is 0 Å². The van der Waals surface area contributed by atoms with Crippen molar-refractivity contribution in [3.8, 4) is 5.75 Å². The molecule has 254 valence electrons. The molecule has 0 spiro atoms. The van der Waals surface area contributed by atoms with Gasteiger partial charge in [0.1, 0.15) is 16.7 Å². The third-order valence-corrected chi connectivity index (χ3v) is 12.9. The van der Waals surface area contributed by atoms with E-state index in [0.29, 0.717) is 55.4 Å². The van der Waals surface area contributed by atoms with Crippen molar-refractivity contribution < 1.29 is 23.6 Å². The molecule has 1 saturated heterocycles. The quantitative estimate of drug-likeness (QED) is 0.391. The van der Waals surface area contributed by atoms with Gasteiger partial charge < -0.3 is 19.6 Å². The minimum Gasteiger partial charge on any atom is -0.491 e. The number of aryl methyl sites for hydroxylation is 1. The summed E-state index contributed by atoms with van der Waals surface area (Å²) in [6, 6.07) is 11.5. The number of benzene rings is 2. The molecule has 8 atom stereocenters. The third-order valence-electron chi connectivity index (χ3n) is 11.2. The maximum atomic E-state index is 13.4. The van der Waals surface area contributed by atoms with E-state index >= 15 is 0 Å². The van der Waals surface area contributed by atoms with Crippen LogP contribution >= 0.6 is 11.6 Å². The highest BCUT2D eigenvalue weighted by Gasteiger charge is 2.54. The van der Waals surface area contributed by atoms with Gasteiger partial charge in [-0.1, -0.05) is 50.1 Å². The number of ether oxygens (including phenoxy) is 1. The van der Waals surface area contributed by atoms with Gasteiger partial charge in [-0.3, -0.25) is 14.3 Å². The maximum Gasteiger partial charge on any atom is 0.263 e. The molecule has 47 heavy (non-hydrogen) atoms. The molecule has 2 aromatic rings. The Hall–Kier alpha value is -2.88. The molecule has 2 fully saturated rings. The second-order valence-electron chi connectivity index (χ2n) is 14.2. The number of rotatable bonds is 4. The highest BCUT2D eigenvalue weighted by Crippen LogP contribution is 2.50. The van der Waals surface area contributed by atoms with Crippen molar-refractivity contribution in [1.82, 2.24) is 9.62 Å². The molecule has 1 aliphatic carbocycles. The van der Waals surface area contributed by atoms with Gasteiger partial charge in [-0.25, -0.2) is 4.21 Å². The van der Waals surface area contributed by atoms with Crippen molar-refractivity contribution >= 4 is 40.1 Å². The number of carbonyl (C=O) groups is 2. The average molecular weight is 682 g/mol. The molecule has 6 rings (SSSR count). The number of halogens is 1. The van der Waals surface area contributed by atoms with E-state index in [1.807, 2.05) is 51.2 Å². The third kappa shape index (κ3) is 6.73. The summed E-state index contributed by atoms with van der Waals surface area (Å²) in [5.74, 6) is -0.145. The molecule has 2 bridgehead atoms. The van der Waals surface area contributed by atoms with Gasteiger partial charge in [-0.2, -0.15) is 0 Å². The Morgan fingerprint density at radius 1 is 1.11 bits per heavy atom. The normalized spacial score (nSPS) is 33.7. The van der Waals surface area contributed by atoms with Crippen LogP contribution in [0, 0.1) is 23.7 Å². The van der Waals surface area contributed by atoms with Crippen LogP contribution in [0.1, 0.15) is 80.3 Å². The lowest BCUT2D eigenvalue weighted by molar-refractivity contribution is -0.143. The second-order valence-corrected chi connectivity index (χ2v) is 16.1. The number of allylic oxidation sites excluding steroid dienone is 1. The number of nitrogens with one attached hydrogen (secondary N) is 1. The van der Waals surface area contributed by atoms with Crippen LogP contribution in [0.5, 0.6) is 5.75 Å². The van der Waals surface area contributed by atoms with Gasteiger partial charge in [-0.05, 0) is 98.2 Å². The average Bonchev–Trinajstić information content (AvgIpc) is 3.26. The number of amides is 2. The molecule has 2 N–H and O–H groups in total. The van der Waals surface area contributed by atoms with Crippen LogP contribution in [-0.2, 0) is 22.2 Å². The lowest BCUT2D eigenvalue weighted by atomic mass is 9.60. The summed E-state index contributed by atoms with van der Waals surface area (Å²) in [6.07, 6.45) is 8.71. The van der Waals surface area contributed by atoms with Gasteiger partial charge in [0.15, 0.2) is 0 Å². The maximum absolute atomic E-state index is 13.4. The molecule has 4 aliphatic rings. The topological polar surface area (TPSA) is 99.2 Å². The number of carbonyl (C=O) groups excluding carboxylic acids is 2.